The number of para-hydroxylation sites is 2. The monoisotopic (exact) mass is 369 g/mol. The van der Waals surface area contributed by atoms with E-state index in [1.807, 2.05) is 42.5 Å². The second kappa shape index (κ2) is 8.58. The van der Waals surface area contributed by atoms with Gasteiger partial charge >= 0.3 is 5.97 Å². The van der Waals surface area contributed by atoms with Crippen LogP contribution in [0.4, 0.5) is 0 Å². The number of aliphatic carboxylic acids is 1. The van der Waals surface area contributed by atoms with E-state index in [1.165, 1.54) is 0 Å². The molecule has 2 aromatic carbocycles. The molecular weight excluding hydrogens is 346 g/mol. The molecule has 2 aromatic rings. The average Bonchev–Trinajstić information content (AvgIpc) is 2.66. The lowest BCUT2D eigenvalue weighted by atomic mass is 10.1. The predicted octanol–water partition coefficient (Wildman–Crippen LogP) is 3.11. The molecule has 1 amide bonds. The van der Waals surface area contributed by atoms with Gasteiger partial charge in [0.2, 0.25) is 6.10 Å². The number of ether oxygens (including phenoxy) is 2. The molecule has 0 fully saturated rings. The number of nitrogens with zero attached hydrogens (tertiary/aromatic N) is 1. The molecule has 0 radical (unpaired) electrons. The molecule has 0 bridgehead atoms. The van der Waals surface area contributed by atoms with Gasteiger partial charge in [0.25, 0.3) is 5.91 Å². The Balaban J connectivity index is 1.76. The largest absolute Gasteiger partial charge is 0.482 e. The summed E-state index contributed by atoms with van der Waals surface area (Å²) in [7, 11) is 0. The van der Waals surface area contributed by atoms with Gasteiger partial charge < -0.3 is 19.5 Å². The second-order valence-corrected chi connectivity index (χ2v) is 6.55. The van der Waals surface area contributed by atoms with Gasteiger partial charge in [-0.05, 0) is 31.0 Å². The molecule has 2 unspecified atom stereocenters. The number of carbonyl (C=O) groups is 2. The summed E-state index contributed by atoms with van der Waals surface area (Å²) in [6.07, 6.45) is -0.815. The highest BCUT2D eigenvalue weighted by Gasteiger charge is 2.36. The van der Waals surface area contributed by atoms with Crippen molar-refractivity contribution in [3.05, 3.63) is 60.2 Å². The van der Waals surface area contributed by atoms with E-state index in [-0.39, 0.29) is 12.3 Å². The molecule has 0 spiro atoms. The van der Waals surface area contributed by atoms with Crippen LogP contribution in [0.5, 0.6) is 11.5 Å². The summed E-state index contributed by atoms with van der Waals surface area (Å²) in [5.74, 6) is 0.0848. The third kappa shape index (κ3) is 4.78. The molecule has 1 aliphatic heterocycles. The number of carboxylic acid groups (broad SMARTS) is 1. The summed E-state index contributed by atoms with van der Waals surface area (Å²) in [5.41, 5.74) is 0.978. The third-order valence-corrected chi connectivity index (χ3v) is 4.43. The van der Waals surface area contributed by atoms with Gasteiger partial charge in [0.15, 0.2) is 11.5 Å². The lowest BCUT2D eigenvalue weighted by Crippen LogP contribution is -2.50. The van der Waals surface area contributed by atoms with E-state index >= 15 is 0 Å². The molecule has 1 N–H and O–H groups in total. The molecule has 3 rings (SSSR count). The third-order valence-electron chi connectivity index (χ3n) is 4.43. The van der Waals surface area contributed by atoms with Gasteiger partial charge in [0.1, 0.15) is 6.10 Å². The van der Waals surface area contributed by atoms with Crippen molar-refractivity contribution < 1.29 is 24.2 Å². The summed E-state index contributed by atoms with van der Waals surface area (Å²) in [6.45, 7) is 2.54. The SMILES string of the molecule is CC1Oc2ccccc2OC1C(=O)N(CCCC(=O)O)Cc1ccccc1. The van der Waals surface area contributed by atoms with Gasteiger partial charge in [0.05, 0.1) is 0 Å². The smallest absolute Gasteiger partial charge is 0.303 e. The topological polar surface area (TPSA) is 76.1 Å². The zero-order valence-corrected chi connectivity index (χ0v) is 15.2. The minimum atomic E-state index is -0.873. The van der Waals surface area contributed by atoms with E-state index < -0.39 is 18.2 Å². The zero-order valence-electron chi connectivity index (χ0n) is 15.2. The first-order chi connectivity index (χ1) is 13.0. The first kappa shape index (κ1) is 18.8. The normalized spacial score (nSPS) is 18.0. The Morgan fingerprint density at radius 2 is 1.63 bits per heavy atom. The zero-order chi connectivity index (χ0) is 19.2. The maximum Gasteiger partial charge on any atom is 0.303 e. The minimum absolute atomic E-state index is 0.0129. The molecule has 6 heteroatoms. The van der Waals surface area contributed by atoms with Crippen LogP contribution in [-0.2, 0) is 16.1 Å². The van der Waals surface area contributed by atoms with Crippen molar-refractivity contribution in [1.29, 1.82) is 0 Å². The molecule has 0 saturated carbocycles. The highest BCUT2D eigenvalue weighted by molar-refractivity contribution is 5.82. The molecule has 1 heterocycles. The standard InChI is InChI=1S/C21H23NO5/c1-15-20(27-18-11-6-5-10-17(18)26-15)21(25)22(13-7-12-19(23)24)14-16-8-3-2-4-9-16/h2-6,8-11,15,20H,7,12-14H2,1H3,(H,23,24). The van der Waals surface area contributed by atoms with Gasteiger partial charge in [-0.15, -0.1) is 0 Å². The fourth-order valence-corrected chi connectivity index (χ4v) is 3.06. The van der Waals surface area contributed by atoms with Crippen molar-refractivity contribution in [3.8, 4) is 11.5 Å². The quantitative estimate of drug-likeness (QED) is 0.812. The maximum absolute atomic E-state index is 13.2. The molecule has 0 aliphatic carbocycles. The van der Waals surface area contributed by atoms with Gasteiger partial charge in [-0.2, -0.15) is 0 Å². The number of amides is 1. The fraction of sp³-hybridized carbons (Fsp3) is 0.333. The van der Waals surface area contributed by atoms with E-state index in [9.17, 15) is 9.59 Å². The van der Waals surface area contributed by atoms with Crippen molar-refractivity contribution in [3.63, 3.8) is 0 Å². The minimum Gasteiger partial charge on any atom is -0.482 e. The van der Waals surface area contributed by atoms with Crippen LogP contribution in [0.3, 0.4) is 0 Å². The van der Waals surface area contributed by atoms with Crippen molar-refractivity contribution in [2.24, 2.45) is 0 Å². The van der Waals surface area contributed by atoms with E-state index in [1.54, 1.807) is 24.0 Å². The van der Waals surface area contributed by atoms with Crippen molar-refractivity contribution in [2.75, 3.05) is 6.54 Å². The van der Waals surface area contributed by atoms with E-state index in [4.69, 9.17) is 14.6 Å². The van der Waals surface area contributed by atoms with Crippen LogP contribution in [0.25, 0.3) is 0 Å². The second-order valence-electron chi connectivity index (χ2n) is 6.55. The summed E-state index contributed by atoms with van der Waals surface area (Å²) in [4.78, 5) is 25.7. The molecule has 6 nitrogen and oxygen atoms in total. The summed E-state index contributed by atoms with van der Waals surface area (Å²) < 4.78 is 11.8. The van der Waals surface area contributed by atoms with Crippen LogP contribution < -0.4 is 9.47 Å². The van der Waals surface area contributed by atoms with Crippen LogP contribution in [-0.4, -0.2) is 40.6 Å². The number of fused-ring (bicyclic) bond motifs is 1. The summed E-state index contributed by atoms with van der Waals surface area (Å²) >= 11 is 0. The lowest BCUT2D eigenvalue weighted by molar-refractivity contribution is -0.146. The summed E-state index contributed by atoms with van der Waals surface area (Å²) in [5, 5.41) is 8.91. The number of benzene rings is 2. The van der Waals surface area contributed by atoms with Gasteiger partial charge in [-0.3, -0.25) is 9.59 Å². The molecule has 1 aliphatic rings. The Labute approximate surface area is 158 Å². The maximum atomic E-state index is 13.2. The number of carboxylic acids is 1. The first-order valence-corrected chi connectivity index (χ1v) is 9.01. The lowest BCUT2D eigenvalue weighted by Gasteiger charge is -2.34. The number of hydrogen-bond acceptors (Lipinski definition) is 4. The van der Waals surface area contributed by atoms with Gasteiger partial charge in [-0.1, -0.05) is 42.5 Å². The fourth-order valence-electron chi connectivity index (χ4n) is 3.06. The Kier molecular flexibility index (Phi) is 5.96. The van der Waals surface area contributed by atoms with Crippen LogP contribution in [0.1, 0.15) is 25.3 Å². The summed E-state index contributed by atoms with van der Waals surface area (Å²) in [6, 6.07) is 16.9. The average molecular weight is 369 g/mol. The first-order valence-electron chi connectivity index (χ1n) is 9.01. The highest BCUT2D eigenvalue weighted by atomic mass is 16.6. The van der Waals surface area contributed by atoms with E-state index in [0.29, 0.717) is 31.0 Å². The van der Waals surface area contributed by atoms with Crippen molar-refractivity contribution in [2.45, 2.75) is 38.5 Å². The van der Waals surface area contributed by atoms with Crippen LogP contribution in [0.2, 0.25) is 0 Å². The molecule has 0 aromatic heterocycles. The van der Waals surface area contributed by atoms with Gasteiger partial charge in [-0.25, -0.2) is 0 Å². The van der Waals surface area contributed by atoms with Gasteiger partial charge in [0, 0.05) is 19.5 Å². The van der Waals surface area contributed by atoms with Crippen LogP contribution in [0, 0.1) is 0 Å². The number of hydrogen-bond donors (Lipinski definition) is 1. The molecule has 27 heavy (non-hydrogen) atoms. The Morgan fingerprint density at radius 1 is 1.00 bits per heavy atom. The number of rotatable bonds is 7. The Bertz CT molecular complexity index is 792. The van der Waals surface area contributed by atoms with E-state index in [0.717, 1.165) is 5.56 Å². The highest BCUT2D eigenvalue weighted by Crippen LogP contribution is 2.34. The molecule has 0 saturated heterocycles. The van der Waals surface area contributed by atoms with Crippen molar-refractivity contribution in [1.82, 2.24) is 4.90 Å². The molecular formula is C21H23NO5. The van der Waals surface area contributed by atoms with Crippen molar-refractivity contribution >= 4 is 11.9 Å². The van der Waals surface area contributed by atoms with E-state index in [2.05, 4.69) is 0 Å². The predicted molar refractivity (Wildman–Crippen MR) is 99.7 cm³/mol. The Morgan fingerprint density at radius 3 is 2.30 bits per heavy atom. The molecule has 2 atom stereocenters. The Hall–Kier alpha value is -3.02. The van der Waals surface area contributed by atoms with Crippen LogP contribution >= 0.6 is 0 Å². The molecule has 142 valence electrons. The van der Waals surface area contributed by atoms with Crippen LogP contribution in [0.15, 0.2) is 54.6 Å². The number of carbonyl (C=O) groups excluding carboxylic acids is 1.